The third-order valence-electron chi connectivity index (χ3n) is 3.42. The molecule has 0 heterocycles. The summed E-state index contributed by atoms with van der Waals surface area (Å²) in [7, 11) is -0.621. The van der Waals surface area contributed by atoms with Crippen LogP contribution in [0.3, 0.4) is 0 Å². The predicted octanol–water partition coefficient (Wildman–Crippen LogP) is 4.29. The van der Waals surface area contributed by atoms with Crippen LogP contribution in [0.2, 0.25) is 10.0 Å². The van der Waals surface area contributed by atoms with E-state index in [1.165, 1.54) is 12.1 Å². The molecule has 2 aromatic rings. The molecule has 0 aliphatic rings. The Bertz CT molecular complexity index is 875. The zero-order chi connectivity index (χ0) is 18.6. The molecule has 0 unspecified atom stereocenters. The highest BCUT2D eigenvalue weighted by atomic mass is 79.9. The van der Waals surface area contributed by atoms with Crippen LogP contribution in [-0.2, 0) is 16.4 Å². The molecule has 9 heteroatoms. The van der Waals surface area contributed by atoms with Crippen LogP contribution in [-0.4, -0.2) is 29.2 Å². The topological polar surface area (TPSA) is 64.6 Å². The van der Waals surface area contributed by atoms with Gasteiger partial charge in [-0.05, 0) is 52.2 Å². The van der Waals surface area contributed by atoms with Crippen molar-refractivity contribution in [2.75, 3.05) is 20.8 Å². The monoisotopic (exact) mass is 467 g/mol. The molecule has 136 valence electrons. The van der Waals surface area contributed by atoms with Gasteiger partial charge in [0.05, 0.1) is 29.2 Å². The van der Waals surface area contributed by atoms with Gasteiger partial charge in [-0.2, -0.15) is 0 Å². The van der Waals surface area contributed by atoms with Gasteiger partial charge in [-0.1, -0.05) is 29.3 Å². The summed E-state index contributed by atoms with van der Waals surface area (Å²) in [5.74, 6) is 1.21. The van der Waals surface area contributed by atoms with Crippen molar-refractivity contribution >= 4 is 49.2 Å². The first-order valence-electron chi connectivity index (χ1n) is 7.13. The lowest BCUT2D eigenvalue weighted by Gasteiger charge is -2.11. The maximum absolute atomic E-state index is 12.4. The van der Waals surface area contributed by atoms with E-state index in [1.807, 2.05) is 12.1 Å². The number of nitrogens with one attached hydrogen (secondary N) is 1. The molecule has 0 aliphatic carbocycles. The molecule has 25 heavy (non-hydrogen) atoms. The van der Waals surface area contributed by atoms with E-state index in [1.54, 1.807) is 20.3 Å². The molecule has 0 radical (unpaired) electrons. The largest absolute Gasteiger partial charge is 0.493 e. The fourth-order valence-electron chi connectivity index (χ4n) is 2.15. The molecule has 2 rings (SSSR count). The van der Waals surface area contributed by atoms with Crippen molar-refractivity contribution in [2.24, 2.45) is 0 Å². The number of ether oxygens (including phenoxy) is 2. The molecule has 0 fully saturated rings. The Morgan fingerprint density at radius 3 is 2.32 bits per heavy atom. The number of rotatable bonds is 7. The quantitative estimate of drug-likeness (QED) is 0.615. The van der Waals surface area contributed by atoms with E-state index in [9.17, 15) is 8.42 Å². The van der Waals surface area contributed by atoms with Crippen LogP contribution in [0.4, 0.5) is 0 Å². The standard InChI is InChI=1S/C16H16BrCl2NO4S/c1-23-14-4-3-10(7-15(14)24-2)5-6-20-25(21,22)16-9-13(19)12(18)8-11(16)17/h3-4,7-9,20H,5-6H2,1-2H3. The smallest absolute Gasteiger partial charge is 0.241 e. The molecular weight excluding hydrogens is 453 g/mol. The summed E-state index contributed by atoms with van der Waals surface area (Å²) in [6, 6.07) is 8.20. The van der Waals surface area contributed by atoms with Crippen molar-refractivity contribution in [2.45, 2.75) is 11.3 Å². The van der Waals surface area contributed by atoms with Gasteiger partial charge in [0.25, 0.3) is 0 Å². The molecule has 0 aromatic heterocycles. The fraction of sp³-hybridized carbons (Fsp3) is 0.250. The Labute approximate surface area is 165 Å². The number of hydrogen-bond donors (Lipinski definition) is 1. The maximum Gasteiger partial charge on any atom is 0.241 e. The minimum Gasteiger partial charge on any atom is -0.493 e. The average molecular weight is 469 g/mol. The molecule has 5 nitrogen and oxygen atoms in total. The van der Waals surface area contributed by atoms with Crippen LogP contribution >= 0.6 is 39.1 Å². The van der Waals surface area contributed by atoms with Crippen molar-refractivity contribution in [1.29, 1.82) is 0 Å². The van der Waals surface area contributed by atoms with Gasteiger partial charge in [-0.25, -0.2) is 13.1 Å². The average Bonchev–Trinajstić information content (AvgIpc) is 2.57. The molecule has 0 spiro atoms. The van der Waals surface area contributed by atoms with Crippen LogP contribution in [0, 0.1) is 0 Å². The van der Waals surface area contributed by atoms with E-state index in [4.69, 9.17) is 32.7 Å². The van der Waals surface area contributed by atoms with Crippen molar-refractivity contribution in [3.8, 4) is 11.5 Å². The minimum atomic E-state index is -3.72. The number of benzene rings is 2. The Balaban J connectivity index is 2.10. The van der Waals surface area contributed by atoms with E-state index in [2.05, 4.69) is 20.7 Å². The van der Waals surface area contributed by atoms with Crippen LogP contribution in [0.5, 0.6) is 11.5 Å². The molecule has 0 saturated heterocycles. The fourth-order valence-corrected chi connectivity index (χ4v) is 4.78. The third-order valence-corrected chi connectivity index (χ3v) is 6.56. The second-order valence-electron chi connectivity index (χ2n) is 5.03. The molecule has 0 aliphatic heterocycles. The second-order valence-corrected chi connectivity index (χ2v) is 8.44. The van der Waals surface area contributed by atoms with Gasteiger partial charge in [0.2, 0.25) is 10.0 Å². The summed E-state index contributed by atoms with van der Waals surface area (Å²) < 4.78 is 38.2. The molecule has 0 saturated carbocycles. The van der Waals surface area contributed by atoms with Crippen LogP contribution < -0.4 is 14.2 Å². The summed E-state index contributed by atoms with van der Waals surface area (Å²) in [5.41, 5.74) is 0.911. The number of sulfonamides is 1. The molecule has 1 N–H and O–H groups in total. The molecule has 0 amide bonds. The van der Waals surface area contributed by atoms with E-state index in [0.29, 0.717) is 22.4 Å². The summed E-state index contributed by atoms with van der Waals surface area (Å²) in [6.45, 7) is 0.213. The van der Waals surface area contributed by atoms with Gasteiger partial charge in [-0.3, -0.25) is 0 Å². The Hall–Kier alpha value is -0.990. The first-order chi connectivity index (χ1) is 11.8. The van der Waals surface area contributed by atoms with E-state index in [-0.39, 0.29) is 21.5 Å². The van der Waals surface area contributed by atoms with Crippen molar-refractivity contribution < 1.29 is 17.9 Å². The predicted molar refractivity (Wildman–Crippen MR) is 103 cm³/mol. The van der Waals surface area contributed by atoms with Gasteiger partial charge in [0.15, 0.2) is 11.5 Å². The summed E-state index contributed by atoms with van der Waals surface area (Å²) >= 11 is 15.0. The van der Waals surface area contributed by atoms with Crippen molar-refractivity contribution in [3.63, 3.8) is 0 Å². The van der Waals surface area contributed by atoms with Crippen molar-refractivity contribution in [3.05, 3.63) is 50.4 Å². The van der Waals surface area contributed by atoms with Gasteiger partial charge < -0.3 is 9.47 Å². The first kappa shape index (κ1) is 20.3. The first-order valence-corrected chi connectivity index (χ1v) is 10.2. The number of methoxy groups -OCH3 is 2. The lowest BCUT2D eigenvalue weighted by molar-refractivity contribution is 0.354. The molecular formula is C16H16BrCl2NO4S. The lowest BCUT2D eigenvalue weighted by Crippen LogP contribution is -2.26. The van der Waals surface area contributed by atoms with E-state index in [0.717, 1.165) is 5.56 Å². The summed E-state index contributed by atoms with van der Waals surface area (Å²) in [6.07, 6.45) is 0.485. The van der Waals surface area contributed by atoms with E-state index < -0.39 is 10.0 Å². The van der Waals surface area contributed by atoms with Crippen LogP contribution in [0.1, 0.15) is 5.56 Å². The maximum atomic E-state index is 12.4. The van der Waals surface area contributed by atoms with Crippen LogP contribution in [0.25, 0.3) is 0 Å². The third kappa shape index (κ3) is 5.01. The minimum absolute atomic E-state index is 0.0363. The highest BCUT2D eigenvalue weighted by Crippen LogP contribution is 2.32. The molecule has 0 bridgehead atoms. The normalized spacial score (nSPS) is 11.4. The van der Waals surface area contributed by atoms with Gasteiger partial charge in [-0.15, -0.1) is 0 Å². The Morgan fingerprint density at radius 2 is 1.68 bits per heavy atom. The van der Waals surface area contributed by atoms with Crippen molar-refractivity contribution in [1.82, 2.24) is 4.72 Å². The molecule has 2 aromatic carbocycles. The van der Waals surface area contributed by atoms with Gasteiger partial charge in [0.1, 0.15) is 0 Å². The zero-order valence-electron chi connectivity index (χ0n) is 13.5. The number of hydrogen-bond acceptors (Lipinski definition) is 4. The SMILES string of the molecule is COc1ccc(CCNS(=O)(=O)c2cc(Cl)c(Cl)cc2Br)cc1OC. The summed E-state index contributed by atoms with van der Waals surface area (Å²) in [5, 5.41) is 0.447. The highest BCUT2D eigenvalue weighted by Gasteiger charge is 2.19. The second kappa shape index (κ2) is 8.60. The van der Waals surface area contributed by atoms with Crippen LogP contribution in [0.15, 0.2) is 39.7 Å². The molecule has 0 atom stereocenters. The highest BCUT2D eigenvalue weighted by molar-refractivity contribution is 9.10. The van der Waals surface area contributed by atoms with E-state index >= 15 is 0 Å². The number of halogens is 3. The Morgan fingerprint density at radius 1 is 1.04 bits per heavy atom. The Kier molecular flexibility index (Phi) is 6.99. The lowest BCUT2D eigenvalue weighted by atomic mass is 10.1. The van der Waals surface area contributed by atoms with Gasteiger partial charge in [0, 0.05) is 11.0 Å². The van der Waals surface area contributed by atoms with Gasteiger partial charge >= 0.3 is 0 Å². The summed E-state index contributed by atoms with van der Waals surface area (Å²) in [4.78, 5) is 0.0363. The zero-order valence-corrected chi connectivity index (χ0v) is 17.4.